The Kier molecular flexibility index (Phi) is 6.61. The molecule has 194 valence electrons. The number of rotatable bonds is 8. The van der Waals surface area contributed by atoms with Crippen LogP contribution in [0.2, 0.25) is 0 Å². The van der Waals surface area contributed by atoms with E-state index in [-0.39, 0.29) is 12.8 Å². The van der Waals surface area contributed by atoms with Crippen LogP contribution in [-0.2, 0) is 17.7 Å². The minimum Gasteiger partial charge on any atom is -0.493 e. The van der Waals surface area contributed by atoms with Crippen molar-refractivity contribution in [2.75, 3.05) is 54.8 Å². The van der Waals surface area contributed by atoms with E-state index < -0.39 is 12.1 Å². The Morgan fingerprint density at radius 3 is 2.42 bits per heavy atom. The molecule has 0 bridgehead atoms. The zero-order chi connectivity index (χ0) is 25.6. The minimum atomic E-state index is -0.549. The van der Waals surface area contributed by atoms with Crippen molar-refractivity contribution >= 4 is 5.97 Å². The van der Waals surface area contributed by atoms with Gasteiger partial charge in [0.15, 0.2) is 23.0 Å². The molecule has 3 aliphatic rings. The molecule has 9 nitrogen and oxygen atoms in total. The normalized spacial score (nSPS) is 20.2. The van der Waals surface area contributed by atoms with Crippen LogP contribution in [0.25, 0.3) is 0 Å². The number of ether oxygens (including phenoxy) is 6. The fourth-order valence-corrected chi connectivity index (χ4v) is 5.76. The third kappa shape index (κ3) is 3.64. The number of nitrogens with zero attached hydrogens (tertiary/aromatic N) is 2. The SMILES string of the molecule is CCN(CC)Cc1c2c(c(OC)c3c1OCO3)[C@H]([C@H]1OC(=O)c3c1ccc(OC)c3OC)N(C)CC2. The highest BCUT2D eigenvalue weighted by Crippen LogP contribution is 2.57. The summed E-state index contributed by atoms with van der Waals surface area (Å²) in [6.07, 6.45) is 0.276. The number of esters is 1. The summed E-state index contributed by atoms with van der Waals surface area (Å²) in [5.74, 6) is 2.48. The molecule has 0 unspecified atom stereocenters. The number of likely N-dealkylation sites (N-methyl/N-ethyl adjacent to an activating group) is 1. The molecule has 2 atom stereocenters. The summed E-state index contributed by atoms with van der Waals surface area (Å²) in [6.45, 7) is 7.85. The van der Waals surface area contributed by atoms with Gasteiger partial charge in [-0.3, -0.25) is 9.80 Å². The van der Waals surface area contributed by atoms with Crippen LogP contribution in [0, 0.1) is 0 Å². The molecule has 0 fully saturated rings. The van der Waals surface area contributed by atoms with Crippen molar-refractivity contribution in [2.24, 2.45) is 0 Å². The van der Waals surface area contributed by atoms with Gasteiger partial charge < -0.3 is 28.4 Å². The number of benzene rings is 2. The summed E-state index contributed by atoms with van der Waals surface area (Å²) in [7, 11) is 6.78. The van der Waals surface area contributed by atoms with Crippen LogP contribution < -0.4 is 23.7 Å². The molecule has 2 aromatic rings. The van der Waals surface area contributed by atoms with Gasteiger partial charge in [0.05, 0.1) is 27.4 Å². The van der Waals surface area contributed by atoms with E-state index in [9.17, 15) is 4.79 Å². The Bertz CT molecular complexity index is 1180. The second-order valence-electron chi connectivity index (χ2n) is 9.20. The molecule has 3 aliphatic heterocycles. The van der Waals surface area contributed by atoms with Gasteiger partial charge in [-0.15, -0.1) is 0 Å². The predicted molar refractivity (Wildman–Crippen MR) is 133 cm³/mol. The maximum absolute atomic E-state index is 13.2. The quantitative estimate of drug-likeness (QED) is 0.506. The van der Waals surface area contributed by atoms with Crippen molar-refractivity contribution < 1.29 is 33.2 Å². The fraction of sp³-hybridized carbons (Fsp3) is 0.519. The molecule has 0 spiro atoms. The third-order valence-electron chi connectivity index (χ3n) is 7.60. The lowest BCUT2D eigenvalue weighted by Crippen LogP contribution is -2.37. The van der Waals surface area contributed by atoms with E-state index in [2.05, 4.69) is 23.6 Å². The second kappa shape index (κ2) is 9.71. The van der Waals surface area contributed by atoms with Gasteiger partial charge in [-0.05, 0) is 38.2 Å². The topological polar surface area (TPSA) is 78.9 Å². The monoisotopic (exact) mass is 498 g/mol. The Balaban J connectivity index is 1.71. The molecule has 0 amide bonds. The number of hydrogen-bond donors (Lipinski definition) is 0. The molecular formula is C27H34N2O7. The van der Waals surface area contributed by atoms with Crippen molar-refractivity contribution in [1.29, 1.82) is 0 Å². The van der Waals surface area contributed by atoms with E-state index in [4.69, 9.17) is 28.4 Å². The van der Waals surface area contributed by atoms with Crippen LogP contribution in [0.15, 0.2) is 12.1 Å². The van der Waals surface area contributed by atoms with E-state index in [0.717, 1.165) is 55.0 Å². The number of hydrogen-bond acceptors (Lipinski definition) is 9. The molecule has 0 radical (unpaired) electrons. The van der Waals surface area contributed by atoms with Gasteiger partial charge in [0.25, 0.3) is 0 Å². The molecule has 2 aromatic carbocycles. The maximum Gasteiger partial charge on any atom is 0.343 e. The van der Waals surface area contributed by atoms with Gasteiger partial charge in [-0.2, -0.15) is 0 Å². The van der Waals surface area contributed by atoms with Gasteiger partial charge in [-0.1, -0.05) is 19.9 Å². The number of fused-ring (bicyclic) bond motifs is 3. The van der Waals surface area contributed by atoms with Crippen LogP contribution in [0.4, 0.5) is 0 Å². The molecule has 0 saturated carbocycles. The van der Waals surface area contributed by atoms with Crippen LogP contribution in [0.3, 0.4) is 0 Å². The van der Waals surface area contributed by atoms with Crippen molar-refractivity contribution in [3.05, 3.63) is 39.9 Å². The highest BCUT2D eigenvalue weighted by Gasteiger charge is 2.47. The molecular weight excluding hydrogens is 464 g/mol. The van der Waals surface area contributed by atoms with E-state index in [1.54, 1.807) is 14.2 Å². The van der Waals surface area contributed by atoms with Crippen molar-refractivity contribution in [1.82, 2.24) is 9.80 Å². The Hall–Kier alpha value is -3.17. The van der Waals surface area contributed by atoms with Gasteiger partial charge in [0.2, 0.25) is 12.5 Å². The molecule has 0 aliphatic carbocycles. The lowest BCUT2D eigenvalue weighted by atomic mass is 9.83. The van der Waals surface area contributed by atoms with Gasteiger partial charge >= 0.3 is 5.97 Å². The summed E-state index contributed by atoms with van der Waals surface area (Å²) < 4.78 is 35.0. The van der Waals surface area contributed by atoms with E-state index in [1.165, 1.54) is 12.7 Å². The van der Waals surface area contributed by atoms with Crippen LogP contribution in [0.5, 0.6) is 28.7 Å². The van der Waals surface area contributed by atoms with Gasteiger partial charge in [0, 0.05) is 29.8 Å². The zero-order valence-electron chi connectivity index (χ0n) is 21.8. The van der Waals surface area contributed by atoms with Crippen LogP contribution in [0.1, 0.15) is 58.6 Å². The average Bonchev–Trinajstić information content (AvgIpc) is 3.51. The molecule has 3 heterocycles. The van der Waals surface area contributed by atoms with Gasteiger partial charge in [-0.25, -0.2) is 4.79 Å². The van der Waals surface area contributed by atoms with Crippen molar-refractivity contribution in [3.8, 4) is 28.7 Å². The standard InChI is InChI=1S/C27H34N2O7/c1-7-29(8-2)13-17-15-11-12-28(3)21(19(15)25(33-6)26-23(17)34-14-35-26)22-16-9-10-18(31-4)24(32-5)20(16)27(30)36-22/h9-10,21-22H,7-8,11-14H2,1-6H3/t21-,22+/m1/s1. The number of cyclic esters (lactones) is 1. The lowest BCUT2D eigenvalue weighted by Gasteiger charge is -2.39. The van der Waals surface area contributed by atoms with Crippen LogP contribution in [-0.4, -0.2) is 70.6 Å². The van der Waals surface area contributed by atoms with Crippen molar-refractivity contribution in [2.45, 2.75) is 39.0 Å². The highest BCUT2D eigenvalue weighted by molar-refractivity contribution is 5.98. The maximum atomic E-state index is 13.2. The number of carbonyl (C=O) groups is 1. The van der Waals surface area contributed by atoms with E-state index >= 15 is 0 Å². The molecule has 0 saturated heterocycles. The molecule has 9 heteroatoms. The summed E-state index contributed by atoms with van der Waals surface area (Å²) in [5, 5.41) is 0. The van der Waals surface area contributed by atoms with Crippen molar-refractivity contribution in [3.63, 3.8) is 0 Å². The second-order valence-corrected chi connectivity index (χ2v) is 9.20. The summed E-state index contributed by atoms with van der Waals surface area (Å²) in [4.78, 5) is 17.7. The minimum absolute atomic E-state index is 0.151. The highest BCUT2D eigenvalue weighted by atomic mass is 16.7. The first-order valence-electron chi connectivity index (χ1n) is 12.4. The molecule has 5 rings (SSSR count). The first kappa shape index (κ1) is 24.5. The molecule has 0 aromatic heterocycles. The summed E-state index contributed by atoms with van der Waals surface area (Å²) in [6, 6.07) is 3.43. The first-order valence-corrected chi connectivity index (χ1v) is 12.4. The van der Waals surface area contributed by atoms with Crippen LogP contribution >= 0.6 is 0 Å². The summed E-state index contributed by atoms with van der Waals surface area (Å²) >= 11 is 0. The van der Waals surface area contributed by atoms with E-state index in [0.29, 0.717) is 28.6 Å². The Morgan fingerprint density at radius 1 is 1.03 bits per heavy atom. The summed E-state index contributed by atoms with van der Waals surface area (Å²) in [5.41, 5.74) is 4.46. The number of methoxy groups -OCH3 is 3. The lowest BCUT2D eigenvalue weighted by molar-refractivity contribution is 0.00865. The van der Waals surface area contributed by atoms with E-state index in [1.807, 2.05) is 19.2 Å². The third-order valence-corrected chi connectivity index (χ3v) is 7.60. The average molecular weight is 499 g/mol. The first-order chi connectivity index (χ1) is 17.5. The van der Waals surface area contributed by atoms with Gasteiger partial charge in [0.1, 0.15) is 11.7 Å². The molecule has 0 N–H and O–H groups in total. The molecule has 36 heavy (non-hydrogen) atoms. The number of carbonyl (C=O) groups excluding carboxylic acids is 1. The predicted octanol–water partition coefficient (Wildman–Crippen LogP) is 3.72. The Labute approximate surface area is 211 Å². The largest absolute Gasteiger partial charge is 0.493 e. The zero-order valence-corrected chi connectivity index (χ0v) is 21.8. The smallest absolute Gasteiger partial charge is 0.343 e. The fourth-order valence-electron chi connectivity index (χ4n) is 5.76. The Morgan fingerprint density at radius 2 is 1.75 bits per heavy atom.